The molecule has 1 aromatic carbocycles. The Kier molecular flexibility index (Phi) is 6.99. The lowest BCUT2D eigenvalue weighted by molar-refractivity contribution is -0.145. The number of hydrogen-bond acceptors (Lipinski definition) is 7. The van der Waals surface area contributed by atoms with E-state index in [1.54, 1.807) is 24.3 Å². The summed E-state index contributed by atoms with van der Waals surface area (Å²) < 4.78 is 10.7. The fourth-order valence-corrected chi connectivity index (χ4v) is 3.95. The number of aryl methyl sites for hydroxylation is 2. The Bertz CT molecular complexity index is 1110. The standard InChI is InChI=1S/C22H24N2O5S/c1-4-11-28-16-7-5-15(6-8-16)17(25)9-10-19(26)29-12-18-23-21(27)20-13(2)14(3)30-22(20)24-18/h5-8H,4,9-12H2,1-3H3,(H,23,24,27). The van der Waals surface area contributed by atoms with Gasteiger partial charge in [0.25, 0.3) is 5.56 Å². The maximum atomic E-state index is 12.3. The highest BCUT2D eigenvalue weighted by atomic mass is 32.1. The Hall–Kier alpha value is -3.00. The largest absolute Gasteiger partial charge is 0.494 e. The van der Waals surface area contributed by atoms with Crippen LogP contribution in [-0.2, 0) is 16.1 Å². The van der Waals surface area contributed by atoms with Crippen molar-refractivity contribution in [1.82, 2.24) is 9.97 Å². The Morgan fingerprint density at radius 1 is 1.13 bits per heavy atom. The number of thiophene rings is 1. The van der Waals surface area contributed by atoms with E-state index in [1.165, 1.54) is 11.3 Å². The molecule has 1 N–H and O–H groups in total. The maximum absolute atomic E-state index is 12.3. The second-order valence-corrected chi connectivity index (χ2v) is 8.14. The van der Waals surface area contributed by atoms with Crippen molar-refractivity contribution in [2.75, 3.05) is 6.61 Å². The predicted octanol–water partition coefficient (Wildman–Crippen LogP) is 4.10. The van der Waals surface area contributed by atoms with Crippen molar-refractivity contribution < 1.29 is 19.1 Å². The summed E-state index contributed by atoms with van der Waals surface area (Å²) >= 11 is 1.43. The zero-order valence-corrected chi connectivity index (χ0v) is 18.1. The van der Waals surface area contributed by atoms with E-state index >= 15 is 0 Å². The van der Waals surface area contributed by atoms with Crippen LogP contribution in [0.1, 0.15) is 52.8 Å². The molecule has 0 saturated heterocycles. The van der Waals surface area contributed by atoms with Gasteiger partial charge in [-0.1, -0.05) is 6.92 Å². The second kappa shape index (κ2) is 9.67. The van der Waals surface area contributed by atoms with Gasteiger partial charge in [0.15, 0.2) is 5.78 Å². The van der Waals surface area contributed by atoms with Crippen LogP contribution < -0.4 is 10.3 Å². The number of nitrogens with zero attached hydrogens (tertiary/aromatic N) is 1. The van der Waals surface area contributed by atoms with Crippen LogP contribution >= 0.6 is 11.3 Å². The number of Topliss-reactive ketones (excluding diaryl/α,β-unsaturated/α-hetero) is 1. The molecule has 30 heavy (non-hydrogen) atoms. The highest BCUT2D eigenvalue weighted by molar-refractivity contribution is 7.18. The third-order valence-electron chi connectivity index (χ3n) is 4.66. The normalized spacial score (nSPS) is 10.9. The lowest BCUT2D eigenvalue weighted by Crippen LogP contribution is -2.14. The molecule has 0 aliphatic heterocycles. The van der Waals surface area contributed by atoms with Crippen molar-refractivity contribution in [3.63, 3.8) is 0 Å². The molecule has 0 saturated carbocycles. The van der Waals surface area contributed by atoms with Crippen molar-refractivity contribution in [2.45, 2.75) is 46.6 Å². The molecule has 2 heterocycles. The van der Waals surface area contributed by atoms with E-state index in [2.05, 4.69) is 9.97 Å². The smallest absolute Gasteiger partial charge is 0.306 e. The quantitative estimate of drug-likeness (QED) is 0.407. The number of fused-ring (bicyclic) bond motifs is 1. The van der Waals surface area contributed by atoms with Crippen molar-refractivity contribution in [2.24, 2.45) is 0 Å². The fraction of sp³-hybridized carbons (Fsp3) is 0.364. The first-order valence-corrected chi connectivity index (χ1v) is 10.6. The highest BCUT2D eigenvalue weighted by Gasteiger charge is 2.14. The van der Waals surface area contributed by atoms with Crippen LogP contribution in [0.5, 0.6) is 5.75 Å². The zero-order chi connectivity index (χ0) is 21.7. The Morgan fingerprint density at radius 3 is 2.57 bits per heavy atom. The van der Waals surface area contributed by atoms with Crippen LogP contribution in [0.3, 0.4) is 0 Å². The van der Waals surface area contributed by atoms with Gasteiger partial charge in [0.05, 0.1) is 18.4 Å². The molecule has 0 bridgehead atoms. The van der Waals surface area contributed by atoms with Crippen molar-refractivity contribution in [3.8, 4) is 5.75 Å². The van der Waals surface area contributed by atoms with E-state index in [9.17, 15) is 14.4 Å². The third-order valence-corrected chi connectivity index (χ3v) is 5.76. The molecule has 3 rings (SSSR count). The summed E-state index contributed by atoms with van der Waals surface area (Å²) in [6, 6.07) is 6.86. The molecule has 0 radical (unpaired) electrons. The molecule has 0 unspecified atom stereocenters. The number of aromatic nitrogens is 2. The minimum atomic E-state index is -0.521. The third kappa shape index (κ3) is 5.13. The van der Waals surface area contributed by atoms with Gasteiger partial charge in [-0.05, 0) is 50.1 Å². The number of carbonyl (C=O) groups excluding carboxylic acids is 2. The Balaban J connectivity index is 1.52. The second-order valence-electron chi connectivity index (χ2n) is 6.93. The van der Waals surface area contributed by atoms with Crippen molar-refractivity contribution >= 4 is 33.3 Å². The molecular formula is C22H24N2O5S. The highest BCUT2D eigenvalue weighted by Crippen LogP contribution is 2.25. The number of ketones is 1. The van der Waals surface area contributed by atoms with E-state index in [-0.39, 0.29) is 36.6 Å². The van der Waals surface area contributed by atoms with Gasteiger partial charge in [-0.3, -0.25) is 14.4 Å². The van der Waals surface area contributed by atoms with Crippen LogP contribution in [0.25, 0.3) is 10.2 Å². The predicted molar refractivity (Wildman–Crippen MR) is 115 cm³/mol. The Labute approximate surface area is 178 Å². The number of ether oxygens (including phenoxy) is 2. The Morgan fingerprint density at radius 2 is 1.87 bits per heavy atom. The summed E-state index contributed by atoms with van der Waals surface area (Å²) in [6.45, 7) is 6.32. The van der Waals surface area contributed by atoms with Gasteiger partial charge in [-0.15, -0.1) is 11.3 Å². The summed E-state index contributed by atoms with van der Waals surface area (Å²) in [6.07, 6.45) is 0.906. The first-order chi connectivity index (χ1) is 14.4. The topological polar surface area (TPSA) is 98.3 Å². The number of esters is 1. The first-order valence-electron chi connectivity index (χ1n) is 9.79. The summed E-state index contributed by atoms with van der Waals surface area (Å²) in [5.41, 5.74) is 1.19. The summed E-state index contributed by atoms with van der Waals surface area (Å²) in [5, 5.41) is 0.573. The summed E-state index contributed by atoms with van der Waals surface area (Å²) in [4.78, 5) is 45.2. The number of aromatic amines is 1. The molecule has 0 aliphatic rings. The zero-order valence-electron chi connectivity index (χ0n) is 17.2. The molecule has 7 nitrogen and oxygen atoms in total. The SMILES string of the molecule is CCCOc1ccc(C(=O)CCC(=O)OCc2nc3sc(C)c(C)c3c(=O)[nH]2)cc1. The minimum absolute atomic E-state index is 0.0420. The molecule has 2 aromatic heterocycles. The lowest BCUT2D eigenvalue weighted by Gasteiger charge is -2.06. The van der Waals surface area contributed by atoms with E-state index in [1.807, 2.05) is 20.8 Å². The number of rotatable bonds is 9. The van der Waals surface area contributed by atoms with Crippen LogP contribution in [-0.4, -0.2) is 28.3 Å². The average molecular weight is 429 g/mol. The monoisotopic (exact) mass is 428 g/mol. The summed E-state index contributed by atoms with van der Waals surface area (Å²) in [5.74, 6) is 0.331. The van der Waals surface area contributed by atoms with E-state index in [0.29, 0.717) is 28.1 Å². The molecule has 0 amide bonds. The molecule has 0 aliphatic carbocycles. The molecule has 158 valence electrons. The maximum Gasteiger partial charge on any atom is 0.306 e. The van der Waals surface area contributed by atoms with Gasteiger partial charge in [-0.2, -0.15) is 0 Å². The van der Waals surface area contributed by atoms with Gasteiger partial charge >= 0.3 is 5.97 Å². The van der Waals surface area contributed by atoms with Crippen LogP contribution in [0.15, 0.2) is 29.1 Å². The number of H-pyrrole nitrogens is 1. The number of hydrogen-bond donors (Lipinski definition) is 1. The van der Waals surface area contributed by atoms with Gasteiger partial charge < -0.3 is 14.5 Å². The van der Waals surface area contributed by atoms with Crippen LogP contribution in [0.2, 0.25) is 0 Å². The van der Waals surface area contributed by atoms with Gasteiger partial charge in [-0.25, -0.2) is 4.98 Å². The first kappa shape index (κ1) is 21.7. The van der Waals surface area contributed by atoms with Crippen molar-refractivity contribution in [1.29, 1.82) is 0 Å². The number of carbonyl (C=O) groups is 2. The van der Waals surface area contributed by atoms with E-state index < -0.39 is 5.97 Å². The molecular weight excluding hydrogens is 404 g/mol. The molecule has 3 aromatic rings. The summed E-state index contributed by atoms with van der Waals surface area (Å²) in [7, 11) is 0. The minimum Gasteiger partial charge on any atom is -0.494 e. The van der Waals surface area contributed by atoms with Crippen LogP contribution in [0, 0.1) is 13.8 Å². The lowest BCUT2D eigenvalue weighted by atomic mass is 10.1. The molecule has 0 spiro atoms. The fourth-order valence-electron chi connectivity index (χ4n) is 2.91. The van der Waals surface area contributed by atoms with E-state index in [4.69, 9.17) is 9.47 Å². The van der Waals surface area contributed by atoms with Gasteiger partial charge in [0.2, 0.25) is 0 Å². The van der Waals surface area contributed by atoms with Gasteiger partial charge in [0, 0.05) is 16.9 Å². The average Bonchev–Trinajstić information content (AvgIpc) is 3.03. The molecule has 8 heteroatoms. The van der Waals surface area contributed by atoms with Gasteiger partial charge in [0.1, 0.15) is 23.0 Å². The van der Waals surface area contributed by atoms with Crippen LogP contribution in [0.4, 0.5) is 0 Å². The number of benzene rings is 1. The van der Waals surface area contributed by atoms with Crippen molar-refractivity contribution in [3.05, 3.63) is 56.4 Å². The van der Waals surface area contributed by atoms with E-state index in [0.717, 1.165) is 16.9 Å². The molecule has 0 fully saturated rings. The molecule has 0 atom stereocenters. The number of nitrogens with one attached hydrogen (secondary N) is 1.